The maximum Gasteiger partial charge on any atom is 0.124 e. The molecule has 3 aromatic rings. The van der Waals surface area contributed by atoms with E-state index < -0.39 is 0 Å². The minimum Gasteiger partial charge on any atom is -0.494 e. The molecule has 1 aliphatic rings. The van der Waals surface area contributed by atoms with Crippen LogP contribution in [0.1, 0.15) is 36.2 Å². The quantitative estimate of drug-likeness (QED) is 0.655. The molecule has 3 heteroatoms. The maximum atomic E-state index is 5.99. The molecule has 26 heavy (non-hydrogen) atoms. The van der Waals surface area contributed by atoms with Gasteiger partial charge in [-0.25, -0.2) is 0 Å². The highest BCUT2D eigenvalue weighted by atomic mass is 16.5. The molecular weight excluding hydrogens is 320 g/mol. The van der Waals surface area contributed by atoms with Crippen molar-refractivity contribution < 1.29 is 4.74 Å². The van der Waals surface area contributed by atoms with Gasteiger partial charge in [-0.2, -0.15) is 0 Å². The van der Waals surface area contributed by atoms with Gasteiger partial charge in [0.1, 0.15) is 5.75 Å². The van der Waals surface area contributed by atoms with Gasteiger partial charge in [0, 0.05) is 37.1 Å². The van der Waals surface area contributed by atoms with E-state index in [1.807, 2.05) is 6.92 Å². The number of hydrogen-bond acceptors (Lipinski definition) is 2. The second kappa shape index (κ2) is 7.79. The van der Waals surface area contributed by atoms with E-state index in [0.29, 0.717) is 6.61 Å². The molecular formula is C23H26N2O. The van der Waals surface area contributed by atoms with E-state index in [4.69, 9.17) is 4.74 Å². The predicted molar refractivity (Wildman–Crippen MR) is 105 cm³/mol. The molecule has 0 saturated carbocycles. The van der Waals surface area contributed by atoms with Gasteiger partial charge in [-0.1, -0.05) is 48.5 Å². The van der Waals surface area contributed by atoms with Crippen LogP contribution in [0.2, 0.25) is 0 Å². The van der Waals surface area contributed by atoms with Gasteiger partial charge in [-0.3, -0.25) is 4.90 Å². The molecule has 0 fully saturated rings. The molecule has 1 aliphatic heterocycles. The Kier molecular flexibility index (Phi) is 5.07. The van der Waals surface area contributed by atoms with Gasteiger partial charge in [0.25, 0.3) is 0 Å². The van der Waals surface area contributed by atoms with Gasteiger partial charge in [0.15, 0.2) is 0 Å². The second-order valence-corrected chi connectivity index (χ2v) is 6.81. The summed E-state index contributed by atoms with van der Waals surface area (Å²) < 4.78 is 8.39. The third-order valence-electron chi connectivity index (χ3n) is 5.10. The fourth-order valence-electron chi connectivity index (χ4n) is 3.98. The first-order valence-corrected chi connectivity index (χ1v) is 9.51. The van der Waals surface area contributed by atoms with Crippen LogP contribution in [0, 0.1) is 0 Å². The average Bonchev–Trinajstić information content (AvgIpc) is 3.06. The average molecular weight is 346 g/mol. The zero-order chi connectivity index (χ0) is 17.8. The van der Waals surface area contributed by atoms with Crippen LogP contribution in [0.5, 0.6) is 5.75 Å². The highest BCUT2D eigenvalue weighted by molar-refractivity contribution is 5.41. The molecule has 134 valence electrons. The summed E-state index contributed by atoms with van der Waals surface area (Å²) in [5.74, 6) is 0.993. The fraction of sp³-hybridized carbons (Fsp3) is 0.304. The zero-order valence-corrected chi connectivity index (χ0v) is 15.3. The molecule has 1 unspecified atom stereocenters. The fourth-order valence-corrected chi connectivity index (χ4v) is 3.98. The summed E-state index contributed by atoms with van der Waals surface area (Å²) in [5, 5.41) is 0. The third-order valence-corrected chi connectivity index (χ3v) is 5.10. The van der Waals surface area contributed by atoms with Gasteiger partial charge in [0.2, 0.25) is 0 Å². The Morgan fingerprint density at radius 1 is 0.923 bits per heavy atom. The SMILES string of the molecule is CCOc1ccccc1C1c2cccn2CCCN1Cc1ccccc1. The van der Waals surface area contributed by atoms with Crippen LogP contribution >= 0.6 is 0 Å². The summed E-state index contributed by atoms with van der Waals surface area (Å²) in [6.45, 7) is 5.82. The van der Waals surface area contributed by atoms with Gasteiger partial charge in [0.05, 0.1) is 12.6 Å². The van der Waals surface area contributed by atoms with Gasteiger partial charge < -0.3 is 9.30 Å². The lowest BCUT2D eigenvalue weighted by molar-refractivity contribution is 0.214. The van der Waals surface area contributed by atoms with Crippen molar-refractivity contribution in [3.8, 4) is 5.75 Å². The molecule has 3 nitrogen and oxygen atoms in total. The Labute approximate surface area is 155 Å². The number of hydrogen-bond donors (Lipinski definition) is 0. The predicted octanol–water partition coefficient (Wildman–Crippen LogP) is 4.88. The highest BCUT2D eigenvalue weighted by Gasteiger charge is 2.29. The number of rotatable bonds is 5. The molecule has 2 heterocycles. The zero-order valence-electron chi connectivity index (χ0n) is 15.3. The standard InChI is InChI=1S/C23H26N2O/c1-2-26-22-14-7-6-12-20(22)23-21-13-8-15-24(21)16-9-17-25(23)18-19-10-4-3-5-11-19/h3-8,10-15,23H,2,9,16-18H2,1H3. The Morgan fingerprint density at radius 2 is 1.73 bits per heavy atom. The van der Waals surface area contributed by atoms with Crippen LogP contribution < -0.4 is 4.74 Å². The van der Waals surface area contributed by atoms with Crippen LogP contribution in [0.3, 0.4) is 0 Å². The number of nitrogens with zero attached hydrogens (tertiary/aromatic N) is 2. The van der Waals surface area contributed by atoms with Crippen molar-refractivity contribution in [1.29, 1.82) is 0 Å². The number of ether oxygens (including phenoxy) is 1. The van der Waals surface area contributed by atoms with Crippen molar-refractivity contribution in [2.75, 3.05) is 13.2 Å². The molecule has 0 amide bonds. The Hall–Kier alpha value is -2.52. The molecule has 0 radical (unpaired) electrons. The smallest absolute Gasteiger partial charge is 0.124 e. The van der Waals surface area contributed by atoms with Crippen molar-refractivity contribution in [2.24, 2.45) is 0 Å². The van der Waals surface area contributed by atoms with Crippen molar-refractivity contribution in [1.82, 2.24) is 9.47 Å². The maximum absolute atomic E-state index is 5.99. The van der Waals surface area contributed by atoms with Crippen molar-refractivity contribution >= 4 is 0 Å². The second-order valence-electron chi connectivity index (χ2n) is 6.81. The highest BCUT2D eigenvalue weighted by Crippen LogP contribution is 2.37. The Morgan fingerprint density at radius 3 is 2.58 bits per heavy atom. The minimum absolute atomic E-state index is 0.204. The first-order valence-electron chi connectivity index (χ1n) is 9.51. The number of aromatic nitrogens is 1. The van der Waals surface area contributed by atoms with E-state index in [9.17, 15) is 0 Å². The number of benzene rings is 2. The summed E-state index contributed by atoms with van der Waals surface area (Å²) in [4.78, 5) is 2.59. The van der Waals surface area contributed by atoms with E-state index in [-0.39, 0.29) is 6.04 Å². The van der Waals surface area contributed by atoms with Crippen molar-refractivity contribution in [3.63, 3.8) is 0 Å². The molecule has 0 spiro atoms. The number of aryl methyl sites for hydroxylation is 1. The normalized spacial score (nSPS) is 17.5. The monoisotopic (exact) mass is 346 g/mol. The van der Waals surface area contributed by atoms with Crippen LogP contribution in [-0.4, -0.2) is 22.6 Å². The van der Waals surface area contributed by atoms with E-state index in [1.54, 1.807) is 0 Å². The number of fused-ring (bicyclic) bond motifs is 1. The molecule has 0 bridgehead atoms. The molecule has 4 rings (SSSR count). The van der Waals surface area contributed by atoms with Gasteiger partial charge in [-0.15, -0.1) is 0 Å². The van der Waals surface area contributed by atoms with E-state index in [0.717, 1.165) is 31.8 Å². The first-order chi connectivity index (χ1) is 12.9. The molecule has 0 saturated heterocycles. The van der Waals surface area contributed by atoms with Gasteiger partial charge in [-0.05, 0) is 37.1 Å². The molecule has 1 atom stereocenters. The summed E-state index contributed by atoms with van der Waals surface area (Å²) in [6, 6.07) is 23.9. The summed E-state index contributed by atoms with van der Waals surface area (Å²) in [6.07, 6.45) is 3.36. The van der Waals surface area contributed by atoms with E-state index in [1.165, 1.54) is 16.8 Å². The lowest BCUT2D eigenvalue weighted by Crippen LogP contribution is -2.29. The first kappa shape index (κ1) is 16.9. The molecule has 2 aromatic carbocycles. The minimum atomic E-state index is 0.204. The lowest BCUT2D eigenvalue weighted by atomic mass is 10.00. The van der Waals surface area contributed by atoms with E-state index >= 15 is 0 Å². The summed E-state index contributed by atoms with van der Waals surface area (Å²) >= 11 is 0. The van der Waals surface area contributed by atoms with Crippen LogP contribution in [0.15, 0.2) is 72.9 Å². The van der Waals surface area contributed by atoms with Crippen LogP contribution in [0.4, 0.5) is 0 Å². The Balaban J connectivity index is 1.77. The Bertz CT molecular complexity index is 840. The molecule has 1 aromatic heterocycles. The van der Waals surface area contributed by atoms with Gasteiger partial charge >= 0.3 is 0 Å². The lowest BCUT2D eigenvalue weighted by Gasteiger charge is -2.31. The summed E-state index contributed by atoms with van der Waals surface area (Å²) in [7, 11) is 0. The topological polar surface area (TPSA) is 17.4 Å². The van der Waals surface area contributed by atoms with Crippen LogP contribution in [0.25, 0.3) is 0 Å². The van der Waals surface area contributed by atoms with Crippen molar-refractivity contribution in [3.05, 3.63) is 89.7 Å². The third kappa shape index (κ3) is 3.40. The summed E-state index contributed by atoms with van der Waals surface area (Å²) in [5.41, 5.74) is 3.96. The number of para-hydroxylation sites is 1. The van der Waals surface area contributed by atoms with Crippen molar-refractivity contribution in [2.45, 2.75) is 32.5 Å². The molecule has 0 aliphatic carbocycles. The largest absolute Gasteiger partial charge is 0.494 e. The van der Waals surface area contributed by atoms with Crippen LogP contribution in [-0.2, 0) is 13.1 Å². The molecule has 0 N–H and O–H groups in total. The van der Waals surface area contributed by atoms with E-state index in [2.05, 4.69) is 82.4 Å².